The van der Waals surface area contributed by atoms with E-state index in [4.69, 9.17) is 4.52 Å². The Bertz CT molecular complexity index is 496. The Morgan fingerprint density at radius 1 is 1.58 bits per heavy atom. The summed E-state index contributed by atoms with van der Waals surface area (Å²) in [6.07, 6.45) is 1.18. The molecule has 5 nitrogen and oxygen atoms in total. The summed E-state index contributed by atoms with van der Waals surface area (Å²) in [6.45, 7) is 2.85. The maximum Gasteiger partial charge on any atom is 0.241 e. The fourth-order valence-electron chi connectivity index (χ4n) is 2.19. The van der Waals surface area contributed by atoms with E-state index in [1.165, 1.54) is 6.42 Å². The van der Waals surface area contributed by atoms with Crippen LogP contribution in [0, 0.1) is 0 Å². The van der Waals surface area contributed by atoms with E-state index in [0.717, 1.165) is 18.7 Å². The van der Waals surface area contributed by atoms with E-state index >= 15 is 0 Å². The van der Waals surface area contributed by atoms with Gasteiger partial charge in [0.15, 0.2) is 0 Å². The van der Waals surface area contributed by atoms with Crippen LogP contribution >= 0.6 is 23.7 Å². The summed E-state index contributed by atoms with van der Waals surface area (Å²) in [6, 6.07) is 2.57. The molecule has 1 saturated heterocycles. The van der Waals surface area contributed by atoms with Gasteiger partial charge in [-0.2, -0.15) is 16.3 Å². The second kappa shape index (κ2) is 6.47. The number of thiophene rings is 1. The lowest BCUT2D eigenvalue weighted by molar-refractivity contribution is 0.214. The number of likely N-dealkylation sites (N-methyl/N-ethyl adjacent to an activating group) is 1. The summed E-state index contributed by atoms with van der Waals surface area (Å²) in [5.74, 6) is 1.37. The highest BCUT2D eigenvalue weighted by molar-refractivity contribution is 7.08. The smallest absolute Gasteiger partial charge is 0.241 e. The van der Waals surface area contributed by atoms with E-state index in [2.05, 4.69) is 27.4 Å². The van der Waals surface area contributed by atoms with Crippen LogP contribution in [0.3, 0.4) is 0 Å². The molecule has 1 N–H and O–H groups in total. The minimum atomic E-state index is 0. The van der Waals surface area contributed by atoms with Gasteiger partial charge in [0.25, 0.3) is 0 Å². The molecule has 1 atom stereocenters. The molecule has 0 saturated carbocycles. The number of nitrogens with one attached hydrogen (secondary N) is 1. The van der Waals surface area contributed by atoms with Crippen molar-refractivity contribution in [3.63, 3.8) is 0 Å². The summed E-state index contributed by atoms with van der Waals surface area (Å²) in [4.78, 5) is 6.70. The number of halogens is 1. The fourth-order valence-corrected chi connectivity index (χ4v) is 2.82. The standard InChI is InChI=1S/C12H16N4OS.ClH/c1-16(10-2-4-13-6-10)7-11-14-12(15-17-11)9-3-5-18-8-9;/h3,5,8,10,13H,2,4,6-7H2,1H3;1H. The molecular weight excluding hydrogens is 284 g/mol. The van der Waals surface area contributed by atoms with Crippen LogP contribution in [0.1, 0.15) is 12.3 Å². The van der Waals surface area contributed by atoms with Gasteiger partial charge in [0.05, 0.1) is 6.54 Å². The quantitative estimate of drug-likeness (QED) is 0.936. The molecule has 0 radical (unpaired) electrons. The predicted octanol–water partition coefficient (Wildman–Crippen LogP) is 2.01. The summed E-state index contributed by atoms with van der Waals surface area (Å²) in [7, 11) is 2.10. The van der Waals surface area contributed by atoms with Crippen LogP contribution in [0.15, 0.2) is 21.3 Å². The molecule has 0 spiro atoms. The second-order valence-electron chi connectivity index (χ2n) is 4.59. The molecule has 1 aliphatic rings. The first-order valence-corrected chi connectivity index (χ1v) is 7.03. The van der Waals surface area contributed by atoms with Crippen LogP contribution in [0.25, 0.3) is 11.4 Å². The Balaban J connectivity index is 0.00000133. The van der Waals surface area contributed by atoms with Crippen molar-refractivity contribution < 1.29 is 4.52 Å². The van der Waals surface area contributed by atoms with Crippen LogP contribution < -0.4 is 5.32 Å². The Labute approximate surface area is 122 Å². The lowest BCUT2D eigenvalue weighted by Gasteiger charge is -2.21. The summed E-state index contributed by atoms with van der Waals surface area (Å²) < 4.78 is 5.30. The SMILES string of the molecule is CN(Cc1nc(-c2ccsc2)no1)C1CCNC1.Cl. The van der Waals surface area contributed by atoms with Gasteiger partial charge in [-0.1, -0.05) is 5.16 Å². The third-order valence-electron chi connectivity index (χ3n) is 3.29. The second-order valence-corrected chi connectivity index (χ2v) is 5.37. The van der Waals surface area contributed by atoms with Crippen molar-refractivity contribution in [1.29, 1.82) is 0 Å². The van der Waals surface area contributed by atoms with E-state index in [9.17, 15) is 0 Å². The molecule has 19 heavy (non-hydrogen) atoms. The highest BCUT2D eigenvalue weighted by Crippen LogP contribution is 2.19. The first-order valence-electron chi connectivity index (χ1n) is 6.09. The zero-order chi connectivity index (χ0) is 12.4. The van der Waals surface area contributed by atoms with Gasteiger partial charge in [0, 0.05) is 23.5 Å². The zero-order valence-corrected chi connectivity index (χ0v) is 12.3. The molecule has 2 aromatic heterocycles. The van der Waals surface area contributed by atoms with Crippen LogP contribution in [-0.2, 0) is 6.54 Å². The molecule has 0 aromatic carbocycles. The Morgan fingerprint density at radius 2 is 2.47 bits per heavy atom. The number of hydrogen-bond acceptors (Lipinski definition) is 6. The van der Waals surface area contributed by atoms with Gasteiger partial charge in [-0.3, -0.25) is 4.90 Å². The van der Waals surface area contributed by atoms with E-state index in [1.54, 1.807) is 11.3 Å². The molecule has 104 valence electrons. The lowest BCUT2D eigenvalue weighted by atomic mass is 10.2. The van der Waals surface area contributed by atoms with Gasteiger partial charge in [-0.25, -0.2) is 0 Å². The maximum absolute atomic E-state index is 5.30. The predicted molar refractivity (Wildman–Crippen MR) is 77.6 cm³/mol. The van der Waals surface area contributed by atoms with Crippen molar-refractivity contribution in [3.8, 4) is 11.4 Å². The van der Waals surface area contributed by atoms with E-state index in [1.807, 2.05) is 16.8 Å². The molecule has 1 aliphatic heterocycles. The van der Waals surface area contributed by atoms with Gasteiger partial charge in [-0.05, 0) is 31.5 Å². The fraction of sp³-hybridized carbons (Fsp3) is 0.500. The number of rotatable bonds is 4. The maximum atomic E-state index is 5.30. The topological polar surface area (TPSA) is 54.2 Å². The van der Waals surface area contributed by atoms with Crippen LogP contribution in [0.2, 0.25) is 0 Å². The third-order valence-corrected chi connectivity index (χ3v) is 3.97. The van der Waals surface area contributed by atoms with Gasteiger partial charge < -0.3 is 9.84 Å². The van der Waals surface area contributed by atoms with Gasteiger partial charge >= 0.3 is 0 Å². The minimum Gasteiger partial charge on any atom is -0.338 e. The number of aromatic nitrogens is 2. The van der Waals surface area contributed by atoms with Crippen LogP contribution in [-0.4, -0.2) is 41.2 Å². The van der Waals surface area contributed by atoms with Gasteiger partial charge in [0.2, 0.25) is 11.7 Å². The van der Waals surface area contributed by atoms with Crippen molar-refractivity contribution in [2.45, 2.75) is 19.0 Å². The Hall–Kier alpha value is -0.950. The molecule has 3 heterocycles. The van der Waals surface area contributed by atoms with Crippen molar-refractivity contribution >= 4 is 23.7 Å². The molecular formula is C12H17ClN4OS. The largest absolute Gasteiger partial charge is 0.338 e. The first kappa shape index (κ1) is 14.5. The lowest BCUT2D eigenvalue weighted by Crippen LogP contribution is -2.32. The average molecular weight is 301 g/mol. The third kappa shape index (κ3) is 3.33. The summed E-state index contributed by atoms with van der Waals surface area (Å²) >= 11 is 1.64. The highest BCUT2D eigenvalue weighted by atomic mass is 35.5. The van der Waals surface area contributed by atoms with Crippen molar-refractivity contribution in [3.05, 3.63) is 22.7 Å². The monoisotopic (exact) mass is 300 g/mol. The van der Waals surface area contributed by atoms with E-state index in [-0.39, 0.29) is 12.4 Å². The van der Waals surface area contributed by atoms with Gasteiger partial charge in [0.1, 0.15) is 0 Å². The summed E-state index contributed by atoms with van der Waals surface area (Å²) in [5, 5.41) is 11.4. The normalized spacial score (nSPS) is 18.7. The Kier molecular flexibility index (Phi) is 4.93. The molecule has 3 rings (SSSR count). The molecule has 1 unspecified atom stereocenters. The van der Waals surface area contributed by atoms with E-state index < -0.39 is 0 Å². The van der Waals surface area contributed by atoms with Crippen LogP contribution in [0.4, 0.5) is 0 Å². The average Bonchev–Trinajstić information content (AvgIpc) is 3.12. The number of nitrogens with zero attached hydrogens (tertiary/aromatic N) is 3. The molecule has 0 amide bonds. The first-order chi connectivity index (χ1) is 8.83. The highest BCUT2D eigenvalue weighted by Gasteiger charge is 2.21. The zero-order valence-electron chi connectivity index (χ0n) is 10.7. The molecule has 7 heteroatoms. The molecule has 0 bridgehead atoms. The van der Waals surface area contributed by atoms with E-state index in [0.29, 0.717) is 24.3 Å². The van der Waals surface area contributed by atoms with Crippen molar-refractivity contribution in [2.24, 2.45) is 0 Å². The van der Waals surface area contributed by atoms with Crippen molar-refractivity contribution in [1.82, 2.24) is 20.4 Å². The Morgan fingerprint density at radius 3 is 3.16 bits per heavy atom. The molecule has 2 aromatic rings. The minimum absolute atomic E-state index is 0. The molecule has 0 aliphatic carbocycles. The molecule has 1 fully saturated rings. The van der Waals surface area contributed by atoms with Crippen molar-refractivity contribution in [2.75, 3.05) is 20.1 Å². The number of hydrogen-bond donors (Lipinski definition) is 1. The van der Waals surface area contributed by atoms with Crippen LogP contribution in [0.5, 0.6) is 0 Å². The van der Waals surface area contributed by atoms with Gasteiger partial charge in [-0.15, -0.1) is 12.4 Å². The summed E-state index contributed by atoms with van der Waals surface area (Å²) in [5.41, 5.74) is 1.03.